The fourth-order valence-electron chi connectivity index (χ4n) is 4.17. The van der Waals surface area contributed by atoms with Gasteiger partial charge in [0.1, 0.15) is 12.6 Å². The van der Waals surface area contributed by atoms with E-state index in [0.717, 1.165) is 22.3 Å². The zero-order chi connectivity index (χ0) is 22.0. The molecule has 0 saturated heterocycles. The van der Waals surface area contributed by atoms with Crippen LogP contribution in [0.3, 0.4) is 0 Å². The maximum absolute atomic E-state index is 12.4. The molecule has 2 amide bonds. The molecule has 0 heterocycles. The van der Waals surface area contributed by atoms with Gasteiger partial charge in [-0.15, -0.1) is 0 Å². The molecule has 2 aromatic carbocycles. The number of carbonyl (C=O) groups excluding carboxylic acids is 2. The van der Waals surface area contributed by atoms with Gasteiger partial charge in [-0.05, 0) is 35.6 Å². The molecule has 7 nitrogen and oxygen atoms in total. The first-order valence-corrected chi connectivity index (χ1v) is 10.3. The summed E-state index contributed by atoms with van der Waals surface area (Å²) in [6.45, 7) is 1.63. The molecule has 0 bridgehead atoms. The molecular formula is C24H24N2O5. The summed E-state index contributed by atoms with van der Waals surface area (Å²) in [6, 6.07) is 14.9. The standard InChI is InChI=1S/C24H24N2O5/c1-14(23(28)29)25-22(27)15-10-11-16(12-15)26-24(30)31-13-21-19-8-4-2-6-17(19)18-7-3-5-9-20(18)21/h2-11,14-16,21H,12-13H2,1H3,(H,25,27)(H,26,30)(H,28,29)/t14-,15?,16?/m0/s1. The summed E-state index contributed by atoms with van der Waals surface area (Å²) in [5, 5.41) is 14.1. The third-order valence-electron chi connectivity index (χ3n) is 5.80. The summed E-state index contributed by atoms with van der Waals surface area (Å²) in [5.74, 6) is -1.97. The maximum atomic E-state index is 12.4. The Labute approximate surface area is 180 Å². The second-order valence-electron chi connectivity index (χ2n) is 7.87. The lowest BCUT2D eigenvalue weighted by atomic mass is 9.98. The van der Waals surface area contributed by atoms with Crippen LogP contribution in [0.1, 0.15) is 30.4 Å². The Bertz CT molecular complexity index is 1000. The lowest BCUT2D eigenvalue weighted by molar-refractivity contribution is -0.141. The van der Waals surface area contributed by atoms with E-state index in [1.807, 2.05) is 24.3 Å². The first-order chi connectivity index (χ1) is 14.9. The molecule has 0 aromatic heterocycles. The number of nitrogens with one attached hydrogen (secondary N) is 2. The van der Waals surface area contributed by atoms with Gasteiger partial charge in [-0.1, -0.05) is 60.7 Å². The van der Waals surface area contributed by atoms with Crippen LogP contribution in [0.25, 0.3) is 11.1 Å². The normalized spacial score (nSPS) is 19.9. The lowest BCUT2D eigenvalue weighted by Crippen LogP contribution is -2.42. The summed E-state index contributed by atoms with van der Waals surface area (Å²) in [7, 11) is 0. The summed E-state index contributed by atoms with van der Waals surface area (Å²) in [6.07, 6.45) is 3.23. The molecule has 4 rings (SSSR count). The number of ether oxygens (including phenoxy) is 1. The highest BCUT2D eigenvalue weighted by molar-refractivity contribution is 5.86. The predicted molar refractivity (Wildman–Crippen MR) is 114 cm³/mol. The average molecular weight is 420 g/mol. The van der Waals surface area contributed by atoms with Crippen molar-refractivity contribution >= 4 is 18.0 Å². The smallest absolute Gasteiger partial charge is 0.407 e. The highest BCUT2D eigenvalue weighted by Gasteiger charge is 2.30. The summed E-state index contributed by atoms with van der Waals surface area (Å²) >= 11 is 0. The fourth-order valence-corrected chi connectivity index (χ4v) is 4.17. The van der Waals surface area contributed by atoms with Gasteiger partial charge in [-0.2, -0.15) is 0 Å². The highest BCUT2D eigenvalue weighted by Crippen LogP contribution is 2.44. The maximum Gasteiger partial charge on any atom is 0.407 e. The van der Waals surface area contributed by atoms with Crippen molar-refractivity contribution in [1.82, 2.24) is 10.6 Å². The number of rotatable bonds is 6. The number of fused-ring (bicyclic) bond motifs is 3. The minimum absolute atomic E-state index is 0.0201. The van der Waals surface area contributed by atoms with E-state index < -0.39 is 24.0 Å². The van der Waals surface area contributed by atoms with Crippen molar-refractivity contribution in [3.8, 4) is 11.1 Å². The van der Waals surface area contributed by atoms with Gasteiger partial charge in [0.25, 0.3) is 0 Å². The lowest BCUT2D eigenvalue weighted by Gasteiger charge is -2.17. The highest BCUT2D eigenvalue weighted by atomic mass is 16.5. The molecule has 3 N–H and O–H groups in total. The van der Waals surface area contributed by atoms with Crippen LogP contribution in [0.5, 0.6) is 0 Å². The van der Waals surface area contributed by atoms with Gasteiger partial charge in [0.15, 0.2) is 0 Å². The predicted octanol–water partition coefficient (Wildman–Crippen LogP) is 3.06. The zero-order valence-electron chi connectivity index (χ0n) is 17.1. The zero-order valence-corrected chi connectivity index (χ0v) is 17.1. The first-order valence-electron chi connectivity index (χ1n) is 10.3. The number of aliphatic carboxylic acids is 1. The molecule has 7 heteroatoms. The molecule has 160 valence electrons. The molecule has 3 atom stereocenters. The Hall–Kier alpha value is -3.61. The van der Waals surface area contributed by atoms with E-state index >= 15 is 0 Å². The van der Waals surface area contributed by atoms with Crippen LogP contribution in [-0.2, 0) is 14.3 Å². The Morgan fingerprint density at radius 3 is 2.26 bits per heavy atom. The van der Waals surface area contributed by atoms with Crippen LogP contribution in [-0.4, -0.2) is 41.8 Å². The van der Waals surface area contributed by atoms with Crippen molar-refractivity contribution in [1.29, 1.82) is 0 Å². The summed E-state index contributed by atoms with van der Waals surface area (Å²) in [4.78, 5) is 35.4. The van der Waals surface area contributed by atoms with E-state index in [2.05, 4.69) is 34.9 Å². The molecule has 31 heavy (non-hydrogen) atoms. The van der Waals surface area contributed by atoms with Crippen molar-refractivity contribution in [2.24, 2.45) is 5.92 Å². The van der Waals surface area contributed by atoms with Gasteiger partial charge in [0, 0.05) is 5.92 Å². The molecule has 2 aliphatic carbocycles. The van der Waals surface area contributed by atoms with Crippen LogP contribution in [0.4, 0.5) is 4.79 Å². The van der Waals surface area contributed by atoms with Crippen molar-refractivity contribution in [2.45, 2.75) is 31.3 Å². The molecule has 0 saturated carbocycles. The van der Waals surface area contributed by atoms with Gasteiger partial charge in [-0.3, -0.25) is 9.59 Å². The van der Waals surface area contributed by atoms with Crippen LogP contribution >= 0.6 is 0 Å². The average Bonchev–Trinajstić information content (AvgIpc) is 3.35. The molecule has 2 aliphatic rings. The molecule has 2 unspecified atom stereocenters. The second-order valence-corrected chi connectivity index (χ2v) is 7.87. The fraction of sp³-hybridized carbons (Fsp3) is 0.292. The molecular weight excluding hydrogens is 396 g/mol. The third kappa shape index (κ3) is 4.30. The second kappa shape index (κ2) is 8.63. The van der Waals surface area contributed by atoms with E-state index in [1.165, 1.54) is 6.92 Å². The van der Waals surface area contributed by atoms with Crippen LogP contribution in [0, 0.1) is 5.92 Å². The van der Waals surface area contributed by atoms with Crippen LogP contribution in [0.15, 0.2) is 60.7 Å². The number of alkyl carbamates (subject to hydrolysis) is 1. The van der Waals surface area contributed by atoms with E-state index in [-0.39, 0.29) is 24.5 Å². The number of carboxylic acid groups (broad SMARTS) is 1. The third-order valence-corrected chi connectivity index (χ3v) is 5.80. The van der Waals surface area contributed by atoms with Gasteiger partial charge in [0.2, 0.25) is 5.91 Å². The summed E-state index contributed by atoms with van der Waals surface area (Å²) in [5.41, 5.74) is 4.61. The van der Waals surface area contributed by atoms with Gasteiger partial charge >= 0.3 is 12.1 Å². The van der Waals surface area contributed by atoms with Crippen molar-refractivity contribution in [3.63, 3.8) is 0 Å². The van der Waals surface area contributed by atoms with Gasteiger partial charge in [0.05, 0.1) is 12.0 Å². The number of benzene rings is 2. The van der Waals surface area contributed by atoms with E-state index in [0.29, 0.717) is 6.42 Å². The van der Waals surface area contributed by atoms with Crippen molar-refractivity contribution in [3.05, 3.63) is 71.8 Å². The largest absolute Gasteiger partial charge is 0.480 e. The Balaban J connectivity index is 1.31. The number of hydrogen-bond acceptors (Lipinski definition) is 4. The van der Waals surface area contributed by atoms with Gasteiger partial charge < -0.3 is 20.5 Å². The Kier molecular flexibility index (Phi) is 5.75. The first kappa shape index (κ1) is 20.7. The Morgan fingerprint density at radius 2 is 1.65 bits per heavy atom. The molecule has 0 fully saturated rings. The molecule has 0 spiro atoms. The number of carbonyl (C=O) groups is 3. The minimum Gasteiger partial charge on any atom is -0.480 e. The number of carboxylic acids is 1. The van der Waals surface area contributed by atoms with Crippen LogP contribution in [0.2, 0.25) is 0 Å². The number of amides is 2. The minimum atomic E-state index is -1.09. The van der Waals surface area contributed by atoms with E-state index in [9.17, 15) is 14.4 Å². The summed E-state index contributed by atoms with van der Waals surface area (Å²) < 4.78 is 5.53. The van der Waals surface area contributed by atoms with Gasteiger partial charge in [-0.25, -0.2) is 4.79 Å². The van der Waals surface area contributed by atoms with Crippen molar-refractivity contribution < 1.29 is 24.2 Å². The SMILES string of the molecule is C[C@H](NC(=O)C1C=CC(NC(=O)OCC2c3ccccc3-c3ccccc32)C1)C(=O)O. The quantitative estimate of drug-likeness (QED) is 0.623. The monoisotopic (exact) mass is 420 g/mol. The van der Waals surface area contributed by atoms with Crippen LogP contribution < -0.4 is 10.6 Å². The van der Waals surface area contributed by atoms with Crippen molar-refractivity contribution in [2.75, 3.05) is 6.61 Å². The topological polar surface area (TPSA) is 105 Å². The number of hydrogen-bond donors (Lipinski definition) is 3. The Morgan fingerprint density at radius 1 is 1.03 bits per heavy atom. The van der Waals surface area contributed by atoms with E-state index in [4.69, 9.17) is 9.84 Å². The molecule has 0 radical (unpaired) electrons. The molecule has 0 aliphatic heterocycles. The van der Waals surface area contributed by atoms with E-state index in [1.54, 1.807) is 12.2 Å². The molecule has 2 aromatic rings.